The molecule has 0 aliphatic heterocycles. The maximum absolute atomic E-state index is 5.80. The molecule has 0 radical (unpaired) electrons. The largest absolute Gasteiger partial charge is 0.315 e. The maximum Gasteiger partial charge on any atom is 0.158 e. The van der Waals surface area contributed by atoms with Crippen molar-refractivity contribution in [3.05, 3.63) is 11.5 Å². The Balaban J connectivity index is 2.78. The van der Waals surface area contributed by atoms with Gasteiger partial charge in [-0.15, -0.1) is 11.6 Å². The third-order valence-electron chi connectivity index (χ3n) is 2.46. The van der Waals surface area contributed by atoms with Crippen LogP contribution in [0, 0.1) is 0 Å². The fourth-order valence-electron chi connectivity index (χ4n) is 1.73. The van der Waals surface area contributed by atoms with Gasteiger partial charge < -0.3 is 4.57 Å². The Bertz CT molecular complexity index is 469. The molecule has 0 amide bonds. The predicted octanol–water partition coefficient (Wildman–Crippen LogP) is 1.61. The Morgan fingerprint density at radius 2 is 2.07 bits per heavy atom. The third-order valence-corrected chi connectivity index (χ3v) is 2.70. The third kappa shape index (κ3) is 1.14. The molecule has 0 atom stereocenters. The van der Waals surface area contributed by atoms with Gasteiger partial charge in [0.1, 0.15) is 11.3 Å². The predicted molar refractivity (Wildman–Crippen MR) is 56.4 cm³/mol. The Kier molecular flexibility index (Phi) is 2.23. The highest BCUT2D eigenvalue weighted by Crippen LogP contribution is 2.19. The van der Waals surface area contributed by atoms with E-state index in [1.807, 2.05) is 23.3 Å². The monoisotopic (exact) mass is 212 g/mol. The lowest BCUT2D eigenvalue weighted by Gasteiger charge is -1.98. The normalized spacial score (nSPS) is 11.4. The number of hydrogen-bond donors (Lipinski definition) is 0. The zero-order valence-electron chi connectivity index (χ0n) is 8.58. The molecule has 0 aliphatic carbocycles. The summed E-state index contributed by atoms with van der Waals surface area (Å²) in [4.78, 5) is 4.47. The highest BCUT2D eigenvalue weighted by atomic mass is 35.5. The highest BCUT2D eigenvalue weighted by molar-refractivity contribution is 6.16. The van der Waals surface area contributed by atoms with Crippen LogP contribution in [-0.2, 0) is 26.4 Å². The second-order valence-corrected chi connectivity index (χ2v) is 3.58. The van der Waals surface area contributed by atoms with E-state index in [0.29, 0.717) is 5.88 Å². The second kappa shape index (κ2) is 3.28. The van der Waals surface area contributed by atoms with E-state index in [1.165, 1.54) is 0 Å². The van der Waals surface area contributed by atoms with Crippen molar-refractivity contribution in [1.29, 1.82) is 0 Å². The van der Waals surface area contributed by atoms with E-state index in [0.717, 1.165) is 29.1 Å². The van der Waals surface area contributed by atoms with Crippen LogP contribution in [0.3, 0.4) is 0 Å². The van der Waals surface area contributed by atoms with E-state index in [2.05, 4.69) is 17.0 Å². The van der Waals surface area contributed by atoms with Crippen LogP contribution in [0.1, 0.15) is 18.4 Å². The minimum atomic E-state index is 0.439. The Morgan fingerprint density at radius 1 is 1.36 bits per heavy atom. The zero-order chi connectivity index (χ0) is 10.3. The number of alkyl halides is 1. The molecule has 0 unspecified atom stereocenters. The summed E-state index contributed by atoms with van der Waals surface area (Å²) in [6.07, 6.45) is 0.899. The van der Waals surface area contributed by atoms with Crippen LogP contribution in [0.25, 0.3) is 11.2 Å². The lowest BCUT2D eigenvalue weighted by molar-refractivity contribution is 0.726. The van der Waals surface area contributed by atoms with E-state index in [1.54, 1.807) is 0 Å². The van der Waals surface area contributed by atoms with Gasteiger partial charge in [-0.05, 0) is 6.42 Å². The van der Waals surface area contributed by atoms with Gasteiger partial charge in [-0.1, -0.05) is 6.92 Å². The quantitative estimate of drug-likeness (QED) is 0.709. The molecule has 4 nitrogen and oxygen atoms in total. The van der Waals surface area contributed by atoms with Crippen molar-refractivity contribution in [1.82, 2.24) is 19.3 Å². The molecule has 2 aromatic heterocycles. The maximum atomic E-state index is 5.80. The first-order valence-corrected chi connectivity index (χ1v) is 5.15. The molecule has 14 heavy (non-hydrogen) atoms. The van der Waals surface area contributed by atoms with Gasteiger partial charge in [0.25, 0.3) is 0 Å². The summed E-state index contributed by atoms with van der Waals surface area (Å²) >= 11 is 5.80. The van der Waals surface area contributed by atoms with E-state index in [4.69, 9.17) is 11.6 Å². The summed E-state index contributed by atoms with van der Waals surface area (Å²) in [5.74, 6) is 1.33. The van der Waals surface area contributed by atoms with Crippen LogP contribution in [0.15, 0.2) is 0 Å². The van der Waals surface area contributed by atoms with Gasteiger partial charge >= 0.3 is 0 Å². The number of aromatic nitrogens is 4. The fraction of sp³-hybridized carbons (Fsp3) is 0.556. The molecule has 0 fully saturated rings. The molecule has 0 N–H and O–H groups in total. The van der Waals surface area contributed by atoms with Crippen molar-refractivity contribution in [2.45, 2.75) is 19.2 Å². The highest BCUT2D eigenvalue weighted by Gasteiger charge is 2.15. The number of hydrogen-bond acceptors (Lipinski definition) is 2. The van der Waals surface area contributed by atoms with Crippen LogP contribution in [0.2, 0.25) is 0 Å². The van der Waals surface area contributed by atoms with E-state index in [9.17, 15) is 0 Å². The molecule has 0 bridgehead atoms. The van der Waals surface area contributed by atoms with Crippen LogP contribution < -0.4 is 0 Å². The van der Waals surface area contributed by atoms with Gasteiger partial charge in [-0.25, -0.2) is 4.98 Å². The SMILES string of the molecule is CCc1nn(C)c2c1nc(CCl)n2C. The van der Waals surface area contributed by atoms with Crippen molar-refractivity contribution < 1.29 is 0 Å². The van der Waals surface area contributed by atoms with Gasteiger partial charge in [0.15, 0.2) is 5.65 Å². The van der Waals surface area contributed by atoms with Crippen LogP contribution in [-0.4, -0.2) is 19.3 Å². The van der Waals surface area contributed by atoms with Crippen molar-refractivity contribution in [3.63, 3.8) is 0 Å². The molecule has 2 heterocycles. The number of fused-ring (bicyclic) bond motifs is 1. The number of nitrogens with zero attached hydrogens (tertiary/aromatic N) is 4. The first-order chi connectivity index (χ1) is 6.69. The second-order valence-electron chi connectivity index (χ2n) is 3.32. The summed E-state index contributed by atoms with van der Waals surface area (Å²) < 4.78 is 3.85. The van der Waals surface area contributed by atoms with Crippen molar-refractivity contribution in [2.75, 3.05) is 0 Å². The van der Waals surface area contributed by atoms with E-state index >= 15 is 0 Å². The molecule has 0 saturated heterocycles. The number of imidazole rings is 1. The average Bonchev–Trinajstić information content (AvgIpc) is 2.66. The van der Waals surface area contributed by atoms with E-state index in [-0.39, 0.29) is 0 Å². The van der Waals surface area contributed by atoms with Crippen LogP contribution >= 0.6 is 11.6 Å². The van der Waals surface area contributed by atoms with Crippen LogP contribution in [0.4, 0.5) is 0 Å². The summed E-state index contributed by atoms with van der Waals surface area (Å²) in [5.41, 5.74) is 3.06. The van der Waals surface area contributed by atoms with Crippen molar-refractivity contribution in [2.24, 2.45) is 14.1 Å². The van der Waals surface area contributed by atoms with Gasteiger partial charge in [0.2, 0.25) is 0 Å². The smallest absolute Gasteiger partial charge is 0.158 e. The van der Waals surface area contributed by atoms with Crippen molar-refractivity contribution >= 4 is 22.8 Å². The Morgan fingerprint density at radius 3 is 2.64 bits per heavy atom. The van der Waals surface area contributed by atoms with Gasteiger partial charge in [-0.3, -0.25) is 4.68 Å². The van der Waals surface area contributed by atoms with Gasteiger partial charge in [-0.2, -0.15) is 5.10 Å². The first kappa shape index (κ1) is 9.52. The van der Waals surface area contributed by atoms with Crippen LogP contribution in [0.5, 0.6) is 0 Å². The fourth-order valence-corrected chi connectivity index (χ4v) is 1.97. The molecule has 76 valence electrons. The topological polar surface area (TPSA) is 35.6 Å². The van der Waals surface area contributed by atoms with E-state index < -0.39 is 0 Å². The van der Waals surface area contributed by atoms with Crippen molar-refractivity contribution in [3.8, 4) is 0 Å². The summed E-state index contributed by atoms with van der Waals surface area (Å²) in [7, 11) is 3.90. The average molecular weight is 213 g/mol. The molecule has 0 saturated carbocycles. The summed E-state index contributed by atoms with van der Waals surface area (Å²) in [6.45, 7) is 2.08. The molecule has 5 heteroatoms. The molecular weight excluding hydrogens is 200 g/mol. The standard InChI is InChI=1S/C9H13ClN4/c1-4-6-8-9(14(3)12-6)13(2)7(5-10)11-8/h4-5H2,1-3H3. The molecular formula is C9H13ClN4. The molecule has 0 spiro atoms. The summed E-state index contributed by atoms with van der Waals surface area (Å²) in [6, 6.07) is 0. The molecule has 2 rings (SSSR count). The molecule has 0 aliphatic rings. The number of rotatable bonds is 2. The first-order valence-electron chi connectivity index (χ1n) is 4.62. The Labute approximate surface area is 87.5 Å². The lowest BCUT2D eigenvalue weighted by Crippen LogP contribution is -2.01. The lowest BCUT2D eigenvalue weighted by atomic mass is 10.3. The minimum absolute atomic E-state index is 0.439. The molecule has 0 aromatic carbocycles. The minimum Gasteiger partial charge on any atom is -0.315 e. The Hall–Kier alpha value is -1.03. The number of halogens is 1. The van der Waals surface area contributed by atoms with Gasteiger partial charge in [0, 0.05) is 14.1 Å². The molecule has 2 aromatic rings. The number of aryl methyl sites for hydroxylation is 3. The summed E-state index contributed by atoms with van der Waals surface area (Å²) in [5, 5.41) is 4.39. The van der Waals surface area contributed by atoms with Gasteiger partial charge in [0.05, 0.1) is 11.6 Å². The zero-order valence-corrected chi connectivity index (χ0v) is 9.34.